The molecule has 0 unspecified atom stereocenters. The lowest BCUT2D eigenvalue weighted by atomic mass is 9.88. The Hall–Kier alpha value is -3.66. The molecule has 33 heavy (non-hydrogen) atoms. The standard InChI is InChI=1S/C23H26N8O2/c1-14(2)31-6-4-15(5-7-31)22-17(19-11-30(3)29-28-19)8-16-9-21(24-10-18(16)26-22)27-23(32)20-12-33-13-25-20/h8-15H,4-7H2,1-3H3,(H,24,27,32). The maximum absolute atomic E-state index is 12.3. The largest absolute Gasteiger partial charge is 0.451 e. The number of aromatic nitrogens is 6. The molecule has 0 bridgehead atoms. The fourth-order valence-electron chi connectivity index (χ4n) is 4.34. The Morgan fingerprint density at radius 2 is 2.03 bits per heavy atom. The van der Waals surface area contributed by atoms with E-state index in [0.717, 1.165) is 53.8 Å². The molecule has 1 fully saturated rings. The highest BCUT2D eigenvalue weighted by atomic mass is 16.3. The summed E-state index contributed by atoms with van der Waals surface area (Å²) < 4.78 is 6.58. The Bertz CT molecular complexity index is 1270. The average molecular weight is 447 g/mol. The number of fused-ring (bicyclic) bond motifs is 1. The zero-order valence-electron chi connectivity index (χ0n) is 18.9. The molecule has 0 spiro atoms. The molecule has 0 saturated carbocycles. The Kier molecular flexibility index (Phi) is 5.59. The fraction of sp³-hybridized carbons (Fsp3) is 0.391. The number of anilines is 1. The van der Waals surface area contributed by atoms with Crippen LogP contribution in [-0.4, -0.2) is 59.9 Å². The molecule has 1 aliphatic rings. The van der Waals surface area contributed by atoms with Gasteiger partial charge in [0, 0.05) is 30.0 Å². The van der Waals surface area contributed by atoms with Crippen LogP contribution in [0.5, 0.6) is 0 Å². The lowest BCUT2D eigenvalue weighted by molar-refractivity contribution is 0.102. The number of oxazole rings is 1. The monoisotopic (exact) mass is 446 g/mol. The molecular formula is C23H26N8O2. The molecule has 10 nitrogen and oxygen atoms in total. The highest BCUT2D eigenvalue weighted by molar-refractivity contribution is 6.02. The van der Waals surface area contributed by atoms with Crippen molar-refractivity contribution in [3.8, 4) is 11.3 Å². The molecule has 1 N–H and O–H groups in total. The van der Waals surface area contributed by atoms with Crippen LogP contribution in [0, 0.1) is 0 Å². The summed E-state index contributed by atoms with van der Waals surface area (Å²) in [7, 11) is 1.85. The predicted molar refractivity (Wildman–Crippen MR) is 123 cm³/mol. The minimum atomic E-state index is -0.383. The zero-order valence-corrected chi connectivity index (χ0v) is 18.9. The molecule has 4 aromatic heterocycles. The van der Waals surface area contributed by atoms with E-state index in [9.17, 15) is 4.79 Å². The molecule has 5 rings (SSSR count). The van der Waals surface area contributed by atoms with Crippen LogP contribution in [0.25, 0.3) is 22.2 Å². The predicted octanol–water partition coefficient (Wildman–Crippen LogP) is 3.25. The SMILES string of the molecule is CC(C)N1CCC(c2nc3cnc(NC(=O)c4cocn4)cc3cc2-c2cn(C)nn2)CC1. The number of pyridine rings is 2. The third-order valence-electron chi connectivity index (χ3n) is 6.16. The van der Waals surface area contributed by atoms with Crippen LogP contribution in [0.3, 0.4) is 0 Å². The minimum absolute atomic E-state index is 0.193. The van der Waals surface area contributed by atoms with Gasteiger partial charge in [-0.3, -0.25) is 14.5 Å². The summed E-state index contributed by atoms with van der Waals surface area (Å²) in [4.78, 5) is 28.1. The van der Waals surface area contributed by atoms with E-state index in [-0.39, 0.29) is 11.6 Å². The van der Waals surface area contributed by atoms with Crippen molar-refractivity contribution in [2.24, 2.45) is 7.05 Å². The molecule has 4 aromatic rings. The van der Waals surface area contributed by atoms with E-state index in [1.54, 1.807) is 10.9 Å². The van der Waals surface area contributed by atoms with Gasteiger partial charge < -0.3 is 14.6 Å². The number of aryl methyl sites for hydroxylation is 1. The Balaban J connectivity index is 1.51. The number of hydrogen-bond acceptors (Lipinski definition) is 8. The van der Waals surface area contributed by atoms with Crippen LogP contribution in [0.1, 0.15) is 48.8 Å². The van der Waals surface area contributed by atoms with Gasteiger partial charge >= 0.3 is 0 Å². The number of hydrogen-bond donors (Lipinski definition) is 1. The summed E-state index contributed by atoms with van der Waals surface area (Å²) in [5, 5.41) is 12.1. The number of amides is 1. The lowest BCUT2D eigenvalue weighted by Gasteiger charge is -2.34. The van der Waals surface area contributed by atoms with Gasteiger partial charge in [-0.05, 0) is 51.9 Å². The van der Waals surface area contributed by atoms with Gasteiger partial charge in [-0.25, -0.2) is 9.97 Å². The second kappa shape index (κ2) is 8.70. The van der Waals surface area contributed by atoms with Crippen molar-refractivity contribution in [2.45, 2.75) is 38.6 Å². The van der Waals surface area contributed by atoms with Crippen molar-refractivity contribution in [1.82, 2.24) is 34.8 Å². The molecule has 1 saturated heterocycles. The molecule has 10 heteroatoms. The van der Waals surface area contributed by atoms with E-state index in [4.69, 9.17) is 9.40 Å². The normalized spacial score (nSPS) is 15.4. The molecule has 5 heterocycles. The van der Waals surface area contributed by atoms with Gasteiger partial charge in [-0.15, -0.1) is 5.10 Å². The molecule has 0 atom stereocenters. The number of nitrogens with zero attached hydrogens (tertiary/aromatic N) is 7. The first-order valence-electron chi connectivity index (χ1n) is 11.1. The van der Waals surface area contributed by atoms with Crippen LogP contribution >= 0.6 is 0 Å². The third kappa shape index (κ3) is 4.34. The van der Waals surface area contributed by atoms with E-state index in [1.165, 1.54) is 12.7 Å². The molecule has 0 aromatic carbocycles. The van der Waals surface area contributed by atoms with Crippen LogP contribution in [0.15, 0.2) is 41.6 Å². The van der Waals surface area contributed by atoms with Gasteiger partial charge in [-0.1, -0.05) is 5.21 Å². The van der Waals surface area contributed by atoms with Crippen LogP contribution in [0.2, 0.25) is 0 Å². The number of nitrogens with one attached hydrogen (secondary N) is 1. The van der Waals surface area contributed by atoms with Gasteiger partial charge in [0.15, 0.2) is 12.1 Å². The lowest BCUT2D eigenvalue weighted by Crippen LogP contribution is -2.38. The van der Waals surface area contributed by atoms with E-state index < -0.39 is 0 Å². The second-order valence-electron chi connectivity index (χ2n) is 8.69. The first-order valence-corrected chi connectivity index (χ1v) is 11.1. The molecule has 1 amide bonds. The average Bonchev–Trinajstić information content (AvgIpc) is 3.50. The van der Waals surface area contributed by atoms with Gasteiger partial charge in [0.2, 0.25) is 0 Å². The van der Waals surface area contributed by atoms with Crippen molar-refractivity contribution in [2.75, 3.05) is 18.4 Å². The summed E-state index contributed by atoms with van der Waals surface area (Å²) in [6.45, 7) is 6.58. The Morgan fingerprint density at radius 1 is 1.21 bits per heavy atom. The van der Waals surface area contributed by atoms with Gasteiger partial charge in [0.1, 0.15) is 17.8 Å². The van der Waals surface area contributed by atoms with Crippen molar-refractivity contribution in [3.63, 3.8) is 0 Å². The first-order chi connectivity index (χ1) is 16.0. The van der Waals surface area contributed by atoms with Crippen molar-refractivity contribution in [3.05, 3.63) is 48.6 Å². The number of likely N-dealkylation sites (tertiary alicyclic amines) is 1. The molecule has 0 aliphatic carbocycles. The smallest absolute Gasteiger partial charge is 0.278 e. The highest BCUT2D eigenvalue weighted by Gasteiger charge is 2.26. The van der Waals surface area contributed by atoms with E-state index >= 15 is 0 Å². The highest BCUT2D eigenvalue weighted by Crippen LogP contribution is 2.36. The number of rotatable bonds is 5. The summed E-state index contributed by atoms with van der Waals surface area (Å²) in [6, 6.07) is 4.43. The summed E-state index contributed by atoms with van der Waals surface area (Å²) in [6.07, 6.45) is 8.20. The summed E-state index contributed by atoms with van der Waals surface area (Å²) in [5.74, 6) is 0.375. The summed E-state index contributed by atoms with van der Waals surface area (Å²) in [5.41, 5.74) is 3.77. The maximum atomic E-state index is 12.3. The molecule has 170 valence electrons. The molecular weight excluding hydrogens is 420 g/mol. The quantitative estimate of drug-likeness (QED) is 0.497. The first kappa shape index (κ1) is 21.2. The summed E-state index contributed by atoms with van der Waals surface area (Å²) >= 11 is 0. The van der Waals surface area contributed by atoms with Crippen molar-refractivity contribution < 1.29 is 9.21 Å². The zero-order chi connectivity index (χ0) is 22.9. The van der Waals surface area contributed by atoms with Crippen LogP contribution in [0.4, 0.5) is 5.82 Å². The van der Waals surface area contributed by atoms with Gasteiger partial charge in [-0.2, -0.15) is 0 Å². The molecule has 0 radical (unpaired) electrons. The minimum Gasteiger partial charge on any atom is -0.451 e. The van der Waals surface area contributed by atoms with Crippen molar-refractivity contribution in [1.29, 1.82) is 0 Å². The Labute approximate surface area is 191 Å². The topological polar surface area (TPSA) is 115 Å². The maximum Gasteiger partial charge on any atom is 0.278 e. The van der Waals surface area contributed by atoms with Gasteiger partial charge in [0.25, 0.3) is 5.91 Å². The van der Waals surface area contributed by atoms with E-state index in [2.05, 4.69) is 50.4 Å². The second-order valence-corrected chi connectivity index (χ2v) is 8.69. The molecule has 1 aliphatic heterocycles. The van der Waals surface area contributed by atoms with Crippen LogP contribution in [-0.2, 0) is 7.05 Å². The van der Waals surface area contributed by atoms with Crippen LogP contribution < -0.4 is 5.32 Å². The van der Waals surface area contributed by atoms with Crippen molar-refractivity contribution >= 4 is 22.6 Å². The number of carbonyl (C=O) groups is 1. The van der Waals surface area contributed by atoms with Gasteiger partial charge in [0.05, 0.1) is 23.6 Å². The Morgan fingerprint density at radius 3 is 2.70 bits per heavy atom. The fourth-order valence-corrected chi connectivity index (χ4v) is 4.34. The van der Waals surface area contributed by atoms with E-state index in [0.29, 0.717) is 17.8 Å². The number of piperidine rings is 1. The third-order valence-corrected chi connectivity index (χ3v) is 6.16. The number of carbonyl (C=O) groups excluding carboxylic acids is 1. The van der Waals surface area contributed by atoms with E-state index in [1.807, 2.05) is 19.3 Å².